The highest BCUT2D eigenvalue weighted by Crippen LogP contribution is 2.45. The monoisotopic (exact) mass is 453 g/mol. The number of benzene rings is 1. The maximum atomic E-state index is 13.3. The Hall–Kier alpha value is -2.72. The molecule has 1 aromatic heterocycles. The summed E-state index contributed by atoms with van der Waals surface area (Å²) in [5.41, 5.74) is -1.07. The summed E-state index contributed by atoms with van der Waals surface area (Å²) in [7, 11) is -2.75. The molecule has 1 aliphatic rings. The Labute approximate surface area is 177 Å². The van der Waals surface area contributed by atoms with Crippen molar-refractivity contribution < 1.29 is 27.9 Å². The first kappa shape index (κ1) is 23.0. The fourth-order valence-electron chi connectivity index (χ4n) is 3.03. The first-order valence-corrected chi connectivity index (χ1v) is 11.2. The molecule has 0 radical (unpaired) electrons. The first-order valence-electron chi connectivity index (χ1n) is 9.61. The number of rotatable bonds is 9. The lowest BCUT2D eigenvalue weighted by atomic mass is 10.2. The van der Waals surface area contributed by atoms with Gasteiger partial charge in [-0.2, -0.15) is 5.09 Å². The van der Waals surface area contributed by atoms with Crippen LogP contribution in [0.3, 0.4) is 0 Å². The van der Waals surface area contributed by atoms with Gasteiger partial charge in [0.25, 0.3) is 5.56 Å². The topological polar surface area (TPSA) is 138 Å². The number of para-hydroxylation sites is 1. The SMILES string of the molecule is COC(=O)[C@@H](C)NP(=O)(OC[C@@H]1CC[C@H](n2ccc(=O)[nH]c2=O)O1)Oc1ccccc1. The van der Waals surface area contributed by atoms with Gasteiger partial charge in [-0.25, -0.2) is 9.36 Å². The molecule has 0 saturated carbocycles. The van der Waals surface area contributed by atoms with E-state index < -0.39 is 43.3 Å². The van der Waals surface area contributed by atoms with Gasteiger partial charge in [-0.15, -0.1) is 0 Å². The summed E-state index contributed by atoms with van der Waals surface area (Å²) >= 11 is 0. The molecule has 31 heavy (non-hydrogen) atoms. The highest BCUT2D eigenvalue weighted by Gasteiger charge is 2.35. The molecular formula is C19H24N3O8P. The van der Waals surface area contributed by atoms with Crippen molar-refractivity contribution in [1.82, 2.24) is 14.6 Å². The van der Waals surface area contributed by atoms with Crippen molar-refractivity contribution in [3.05, 3.63) is 63.4 Å². The van der Waals surface area contributed by atoms with Gasteiger partial charge in [-0.3, -0.25) is 23.7 Å². The standard InChI is InChI=1S/C19H24N3O8P/c1-13(18(24)27-2)21-31(26,30-14-6-4-3-5-7-14)28-12-15-8-9-17(29-15)22-11-10-16(23)20-19(22)25/h3-7,10-11,13,15,17H,8-9,12H2,1-2H3,(H,21,26)(H,20,23,25)/t13-,15+,17-,31?/m1/s1. The van der Waals surface area contributed by atoms with Crippen LogP contribution in [-0.4, -0.2) is 41.4 Å². The number of ether oxygens (including phenoxy) is 2. The third kappa shape index (κ3) is 6.14. The lowest BCUT2D eigenvalue weighted by Gasteiger charge is -2.24. The van der Waals surface area contributed by atoms with Crippen molar-refractivity contribution in [2.75, 3.05) is 13.7 Å². The third-order valence-electron chi connectivity index (χ3n) is 4.55. The van der Waals surface area contributed by atoms with E-state index in [-0.39, 0.29) is 6.61 Å². The molecule has 1 fully saturated rings. The largest absolute Gasteiger partial charge is 0.468 e. The van der Waals surface area contributed by atoms with Crippen molar-refractivity contribution in [1.29, 1.82) is 0 Å². The Kier molecular flexibility index (Phi) is 7.45. The Balaban J connectivity index is 1.67. The molecule has 2 aromatic rings. The summed E-state index contributed by atoms with van der Waals surface area (Å²) in [5, 5.41) is 2.56. The van der Waals surface area contributed by atoms with Crippen LogP contribution in [0, 0.1) is 0 Å². The zero-order chi connectivity index (χ0) is 22.4. The molecule has 0 aliphatic carbocycles. The fraction of sp³-hybridized carbons (Fsp3) is 0.421. The van der Waals surface area contributed by atoms with Crippen molar-refractivity contribution >= 4 is 13.7 Å². The van der Waals surface area contributed by atoms with E-state index in [4.69, 9.17) is 13.8 Å². The first-order chi connectivity index (χ1) is 14.8. The van der Waals surface area contributed by atoms with E-state index in [0.717, 1.165) is 0 Å². The van der Waals surface area contributed by atoms with Crippen molar-refractivity contribution in [3.63, 3.8) is 0 Å². The van der Waals surface area contributed by atoms with Crippen LogP contribution in [-0.2, 0) is 23.4 Å². The second kappa shape index (κ2) is 10.1. The number of hydrogen-bond donors (Lipinski definition) is 2. The number of hydrogen-bond acceptors (Lipinski definition) is 8. The van der Waals surface area contributed by atoms with Gasteiger partial charge >= 0.3 is 19.4 Å². The number of carbonyl (C=O) groups excluding carboxylic acids is 1. The van der Waals surface area contributed by atoms with Crippen LogP contribution >= 0.6 is 7.75 Å². The van der Waals surface area contributed by atoms with E-state index in [1.807, 2.05) is 0 Å². The molecule has 2 heterocycles. The molecule has 1 aromatic carbocycles. The normalized spacial score (nSPS) is 21.2. The van der Waals surface area contributed by atoms with E-state index in [1.54, 1.807) is 30.3 Å². The number of H-pyrrole nitrogens is 1. The van der Waals surface area contributed by atoms with Crippen LogP contribution in [0.5, 0.6) is 5.75 Å². The molecule has 11 nitrogen and oxygen atoms in total. The zero-order valence-corrected chi connectivity index (χ0v) is 17.9. The predicted octanol–water partition coefficient (Wildman–Crippen LogP) is 1.57. The molecule has 0 spiro atoms. The Bertz CT molecular complexity index is 1050. The number of nitrogens with one attached hydrogen (secondary N) is 2. The quantitative estimate of drug-likeness (QED) is 0.428. The molecule has 12 heteroatoms. The number of aromatic amines is 1. The smallest absolute Gasteiger partial charge is 0.459 e. The average molecular weight is 453 g/mol. The Morgan fingerprint density at radius 2 is 2.03 bits per heavy atom. The minimum absolute atomic E-state index is 0.112. The summed E-state index contributed by atoms with van der Waals surface area (Å²) in [5.74, 6) is -0.337. The molecule has 2 N–H and O–H groups in total. The zero-order valence-electron chi connectivity index (χ0n) is 17.1. The van der Waals surface area contributed by atoms with E-state index in [9.17, 15) is 18.9 Å². The summed E-state index contributed by atoms with van der Waals surface area (Å²) < 4.78 is 36.1. The molecule has 1 saturated heterocycles. The van der Waals surface area contributed by atoms with Gasteiger partial charge < -0.3 is 14.0 Å². The van der Waals surface area contributed by atoms with Crippen molar-refractivity contribution in [3.8, 4) is 5.75 Å². The predicted molar refractivity (Wildman–Crippen MR) is 110 cm³/mol. The maximum Gasteiger partial charge on any atom is 0.459 e. The van der Waals surface area contributed by atoms with Gasteiger partial charge in [0.1, 0.15) is 18.0 Å². The van der Waals surface area contributed by atoms with Gasteiger partial charge in [-0.1, -0.05) is 18.2 Å². The molecule has 4 atom stereocenters. The third-order valence-corrected chi connectivity index (χ3v) is 6.20. The number of methoxy groups -OCH3 is 1. The van der Waals surface area contributed by atoms with Crippen LogP contribution in [0.25, 0.3) is 0 Å². The number of carbonyl (C=O) groups is 1. The molecule has 0 amide bonds. The van der Waals surface area contributed by atoms with Gasteiger partial charge in [0, 0.05) is 12.3 Å². The molecule has 3 rings (SSSR count). The summed E-state index contributed by atoms with van der Waals surface area (Å²) in [6.07, 6.45) is 1.31. The second-order valence-corrected chi connectivity index (χ2v) is 8.57. The number of esters is 1. The summed E-state index contributed by atoms with van der Waals surface area (Å²) in [6, 6.07) is 8.67. The number of nitrogens with zero attached hydrogens (tertiary/aromatic N) is 1. The number of aromatic nitrogens is 2. The average Bonchev–Trinajstić information content (AvgIpc) is 3.21. The second-order valence-electron chi connectivity index (χ2n) is 6.88. The summed E-state index contributed by atoms with van der Waals surface area (Å²) in [6.45, 7) is 1.36. The van der Waals surface area contributed by atoms with Crippen LogP contribution in [0.15, 0.2) is 52.2 Å². The molecule has 1 aliphatic heterocycles. The Morgan fingerprint density at radius 1 is 1.29 bits per heavy atom. The lowest BCUT2D eigenvalue weighted by molar-refractivity contribution is -0.142. The van der Waals surface area contributed by atoms with Gasteiger partial charge in [0.15, 0.2) is 0 Å². The molecule has 0 bridgehead atoms. The van der Waals surface area contributed by atoms with E-state index >= 15 is 0 Å². The minimum Gasteiger partial charge on any atom is -0.468 e. The van der Waals surface area contributed by atoms with Gasteiger partial charge in [0.2, 0.25) is 0 Å². The molecule has 1 unspecified atom stereocenters. The highest BCUT2D eigenvalue weighted by molar-refractivity contribution is 7.52. The lowest BCUT2D eigenvalue weighted by Crippen LogP contribution is -2.35. The summed E-state index contributed by atoms with van der Waals surface area (Å²) in [4.78, 5) is 37.1. The molecule has 168 valence electrons. The minimum atomic E-state index is -3.97. The van der Waals surface area contributed by atoms with Crippen LogP contribution in [0.2, 0.25) is 0 Å². The van der Waals surface area contributed by atoms with Crippen molar-refractivity contribution in [2.24, 2.45) is 0 Å². The van der Waals surface area contributed by atoms with E-state index in [0.29, 0.717) is 18.6 Å². The van der Waals surface area contributed by atoms with Crippen LogP contribution in [0.1, 0.15) is 26.0 Å². The van der Waals surface area contributed by atoms with Crippen molar-refractivity contribution in [2.45, 2.75) is 38.1 Å². The molecular weight excluding hydrogens is 429 g/mol. The van der Waals surface area contributed by atoms with Crippen LogP contribution < -0.4 is 20.9 Å². The Morgan fingerprint density at radius 3 is 2.71 bits per heavy atom. The highest BCUT2D eigenvalue weighted by atomic mass is 31.2. The van der Waals surface area contributed by atoms with Crippen LogP contribution in [0.4, 0.5) is 0 Å². The maximum absolute atomic E-state index is 13.3. The fourth-order valence-corrected chi connectivity index (χ4v) is 4.55. The van der Waals surface area contributed by atoms with E-state index in [1.165, 1.54) is 30.9 Å². The van der Waals surface area contributed by atoms with Gasteiger partial charge in [-0.05, 0) is 31.9 Å². The van der Waals surface area contributed by atoms with E-state index in [2.05, 4.69) is 14.8 Å². The van der Waals surface area contributed by atoms with Gasteiger partial charge in [0.05, 0.1) is 19.8 Å².